The third kappa shape index (κ3) is 15.8. The van der Waals surface area contributed by atoms with Crippen LogP contribution in [0.2, 0.25) is 0 Å². The molecule has 0 saturated heterocycles. The van der Waals surface area contributed by atoms with Gasteiger partial charge in [-0.3, -0.25) is 33.6 Å². The minimum Gasteiger partial charge on any atom is -0.507 e. The minimum atomic E-state index is -1.69. The van der Waals surface area contributed by atoms with Crippen molar-refractivity contribution in [2.45, 2.75) is 140 Å². The summed E-state index contributed by atoms with van der Waals surface area (Å²) in [5, 5.41) is 44.0. The van der Waals surface area contributed by atoms with Crippen LogP contribution < -0.4 is 32.3 Å². The van der Waals surface area contributed by atoms with E-state index >= 15 is 0 Å². The van der Waals surface area contributed by atoms with E-state index in [0.717, 1.165) is 29.1 Å². The van der Waals surface area contributed by atoms with Crippen LogP contribution in [0.25, 0.3) is 11.1 Å². The molecule has 18 heteroatoms. The number of amides is 7. The molecule has 2 aromatic rings. The fourth-order valence-electron chi connectivity index (χ4n) is 7.57. The first-order valence-corrected chi connectivity index (χ1v) is 22.5. The minimum absolute atomic E-state index is 0.0110. The molecule has 2 aromatic carbocycles. The molecule has 0 aromatic heterocycles. The molecule has 0 unspecified atom stereocenters. The van der Waals surface area contributed by atoms with E-state index in [-0.39, 0.29) is 46.9 Å². The molecule has 0 spiro atoms. The molecule has 0 saturated carbocycles. The lowest BCUT2D eigenvalue weighted by atomic mass is 9.93. The van der Waals surface area contributed by atoms with Crippen LogP contribution in [0.3, 0.4) is 0 Å². The standard InChI is InChI=1S/C46H70N8O10/c1-6-7-8-9-10-11-12-13-14-15-16-17-18-19-38(58)53(4)35(28-55)44(62)52-41(47)46(64)49-27-39(59)54(5)40-31-21-23-37(57)33(26-31)32-24-30(20-22-36(32)56)25-34(43(61)48-3)51-42(60)29(2)50-45(40)63/h20-24,26,29,34-35,40-41,55-57H,6-19,25,27-28,47H2,1-5H3,(H,48,61)(H,49,64)(H,50,63)(H,51,60)(H,52,62)/t29-,34-,35+,40-,41-/m0/s1. The number of aromatic hydroxyl groups is 2. The van der Waals surface area contributed by atoms with Crippen LogP contribution in [0.1, 0.15) is 121 Å². The van der Waals surface area contributed by atoms with Crippen molar-refractivity contribution in [1.82, 2.24) is 36.4 Å². The largest absolute Gasteiger partial charge is 0.507 e. The van der Waals surface area contributed by atoms with Gasteiger partial charge in [0.25, 0.3) is 5.91 Å². The Morgan fingerprint density at radius 3 is 1.92 bits per heavy atom. The number of unbranched alkanes of at least 4 members (excludes halogenated alkanes) is 12. The molecular weight excluding hydrogens is 825 g/mol. The lowest BCUT2D eigenvalue weighted by Gasteiger charge is -2.30. The molecule has 64 heavy (non-hydrogen) atoms. The van der Waals surface area contributed by atoms with E-state index in [4.69, 9.17) is 5.73 Å². The van der Waals surface area contributed by atoms with Crippen LogP contribution in [0.15, 0.2) is 36.4 Å². The topological polar surface area (TPSA) is 273 Å². The average molecular weight is 895 g/mol. The second-order valence-corrected chi connectivity index (χ2v) is 16.5. The Morgan fingerprint density at radius 1 is 0.781 bits per heavy atom. The molecule has 7 amide bonds. The first-order valence-electron chi connectivity index (χ1n) is 22.5. The molecule has 18 nitrogen and oxygen atoms in total. The van der Waals surface area contributed by atoms with Crippen molar-refractivity contribution < 1.29 is 48.9 Å². The number of rotatable bonds is 23. The monoisotopic (exact) mass is 895 g/mol. The Bertz CT molecular complexity index is 1910. The number of fused-ring (bicyclic) bond motifs is 5. The molecule has 4 bridgehead atoms. The van der Waals surface area contributed by atoms with Gasteiger partial charge in [-0.15, -0.1) is 0 Å². The number of phenolic OH excluding ortho intramolecular Hbond substituents is 2. The zero-order valence-electron chi connectivity index (χ0n) is 38.0. The zero-order valence-corrected chi connectivity index (χ0v) is 38.0. The van der Waals surface area contributed by atoms with Crippen LogP contribution in [-0.4, -0.2) is 125 Å². The zero-order chi connectivity index (χ0) is 47.3. The summed E-state index contributed by atoms with van der Waals surface area (Å²) in [5.74, 6) is -5.58. The fourth-order valence-corrected chi connectivity index (χ4v) is 7.57. The number of nitrogens with zero attached hydrogens (tertiary/aromatic N) is 2. The highest BCUT2D eigenvalue weighted by molar-refractivity contribution is 5.96. The Kier molecular flexibility index (Phi) is 22.0. The average Bonchev–Trinajstić information content (AvgIpc) is 3.27. The lowest BCUT2D eigenvalue weighted by Crippen LogP contribution is -2.59. The van der Waals surface area contributed by atoms with E-state index < -0.39 is 78.9 Å². The summed E-state index contributed by atoms with van der Waals surface area (Å²) in [4.78, 5) is 94.8. The van der Waals surface area contributed by atoms with E-state index in [0.29, 0.717) is 12.0 Å². The maximum absolute atomic E-state index is 13.9. The summed E-state index contributed by atoms with van der Waals surface area (Å²) < 4.78 is 0. The number of carbonyl (C=O) groups is 7. The van der Waals surface area contributed by atoms with Crippen molar-refractivity contribution >= 4 is 41.4 Å². The van der Waals surface area contributed by atoms with Crippen molar-refractivity contribution in [2.24, 2.45) is 5.73 Å². The van der Waals surface area contributed by atoms with Crippen LogP contribution in [0, 0.1) is 0 Å². The Morgan fingerprint density at radius 2 is 1.34 bits per heavy atom. The Balaban J connectivity index is 1.61. The van der Waals surface area contributed by atoms with E-state index in [1.165, 1.54) is 116 Å². The van der Waals surface area contributed by atoms with Crippen molar-refractivity contribution in [3.05, 3.63) is 47.5 Å². The molecule has 1 aliphatic rings. The van der Waals surface area contributed by atoms with Gasteiger partial charge in [0.05, 0.1) is 13.2 Å². The molecule has 1 aliphatic heterocycles. The van der Waals surface area contributed by atoms with Gasteiger partial charge in [-0.05, 0) is 48.7 Å². The molecule has 1 heterocycles. The molecule has 0 fully saturated rings. The van der Waals surface area contributed by atoms with E-state index in [1.54, 1.807) is 6.07 Å². The van der Waals surface area contributed by atoms with Crippen LogP contribution >= 0.6 is 0 Å². The summed E-state index contributed by atoms with van der Waals surface area (Å²) in [6.07, 6.45) is 13.5. The molecule has 5 atom stereocenters. The smallest absolute Gasteiger partial charge is 0.257 e. The van der Waals surface area contributed by atoms with Gasteiger partial charge in [0.1, 0.15) is 35.7 Å². The predicted molar refractivity (Wildman–Crippen MR) is 241 cm³/mol. The highest BCUT2D eigenvalue weighted by Gasteiger charge is 2.34. The lowest BCUT2D eigenvalue weighted by molar-refractivity contribution is -0.142. The molecule has 3 rings (SSSR count). The summed E-state index contributed by atoms with van der Waals surface area (Å²) >= 11 is 0. The molecule has 0 radical (unpaired) electrons. The predicted octanol–water partition coefficient (Wildman–Crippen LogP) is 2.37. The number of carbonyl (C=O) groups excluding carboxylic acids is 7. The number of benzene rings is 2. The van der Waals surface area contributed by atoms with E-state index in [1.807, 2.05) is 0 Å². The third-order valence-corrected chi connectivity index (χ3v) is 11.6. The van der Waals surface area contributed by atoms with Crippen LogP contribution in [-0.2, 0) is 40.0 Å². The van der Waals surface area contributed by atoms with Crippen molar-refractivity contribution in [1.29, 1.82) is 0 Å². The van der Waals surface area contributed by atoms with Crippen molar-refractivity contribution in [3.8, 4) is 22.6 Å². The number of aliphatic hydroxyl groups is 1. The first-order chi connectivity index (χ1) is 30.5. The SMILES string of the molecule is CCCCCCCCCCCCCCCC(=O)N(C)[C@H](CO)C(=O)N[C@H](N)C(=O)NCC(=O)N(C)[C@@H]1C(=O)N[C@@H](C)C(=O)N[C@H](C(=O)NC)Cc2ccc(O)c(c2)-c2cc1ccc2O. The van der Waals surface area contributed by atoms with Gasteiger partial charge in [0, 0.05) is 45.1 Å². The van der Waals surface area contributed by atoms with Gasteiger partial charge < -0.3 is 57.4 Å². The van der Waals surface area contributed by atoms with Gasteiger partial charge in [-0.2, -0.15) is 0 Å². The normalized spacial score (nSPS) is 17.1. The number of nitrogens with one attached hydrogen (secondary N) is 5. The summed E-state index contributed by atoms with van der Waals surface area (Å²) in [7, 11) is 4.06. The van der Waals surface area contributed by atoms with Gasteiger partial charge in [-0.25, -0.2) is 0 Å². The number of phenols is 2. The quantitative estimate of drug-likeness (QED) is 0.0577. The fraction of sp³-hybridized carbons (Fsp3) is 0.587. The highest BCUT2D eigenvalue weighted by Crippen LogP contribution is 2.38. The highest BCUT2D eigenvalue weighted by atomic mass is 16.3. The second-order valence-electron chi connectivity index (χ2n) is 16.5. The number of aliphatic hydroxyl groups excluding tert-OH is 1. The number of hydrogen-bond donors (Lipinski definition) is 9. The van der Waals surface area contributed by atoms with Crippen LogP contribution in [0.4, 0.5) is 0 Å². The Hall–Kier alpha value is -5.75. The maximum Gasteiger partial charge on any atom is 0.257 e. The van der Waals surface area contributed by atoms with E-state index in [2.05, 4.69) is 33.5 Å². The first kappa shape index (κ1) is 52.6. The van der Waals surface area contributed by atoms with Gasteiger partial charge >= 0.3 is 0 Å². The van der Waals surface area contributed by atoms with Crippen LogP contribution in [0.5, 0.6) is 11.5 Å². The number of hydrogen-bond acceptors (Lipinski definition) is 11. The van der Waals surface area contributed by atoms with Crippen molar-refractivity contribution in [2.75, 3.05) is 34.3 Å². The van der Waals surface area contributed by atoms with Gasteiger partial charge in [0.2, 0.25) is 35.4 Å². The maximum atomic E-state index is 13.9. The van der Waals surface area contributed by atoms with Gasteiger partial charge in [-0.1, -0.05) is 96.1 Å². The van der Waals surface area contributed by atoms with Gasteiger partial charge in [0.15, 0.2) is 6.17 Å². The number of nitrogens with two attached hydrogens (primary N) is 1. The number of likely N-dealkylation sites (N-methyl/N-ethyl adjacent to an activating group) is 3. The summed E-state index contributed by atoms with van der Waals surface area (Å²) in [6.45, 7) is 2.18. The third-order valence-electron chi connectivity index (χ3n) is 11.6. The second kappa shape index (κ2) is 26.8. The van der Waals surface area contributed by atoms with E-state index in [9.17, 15) is 48.9 Å². The Labute approximate surface area is 376 Å². The molecule has 10 N–H and O–H groups in total. The molecule has 354 valence electrons. The molecule has 0 aliphatic carbocycles. The summed E-state index contributed by atoms with van der Waals surface area (Å²) in [6, 6.07) is 3.46. The molecular formula is C46H70N8O10. The summed E-state index contributed by atoms with van der Waals surface area (Å²) in [5.41, 5.74) is 6.90. The van der Waals surface area contributed by atoms with Crippen molar-refractivity contribution in [3.63, 3.8) is 0 Å².